The molecule has 0 aromatic heterocycles. The average Bonchev–Trinajstić information content (AvgIpc) is 2.53. The van der Waals surface area contributed by atoms with Crippen LogP contribution in [0.5, 0.6) is 0 Å². The molecule has 0 spiro atoms. The highest BCUT2D eigenvalue weighted by atomic mass is 16.6. The summed E-state index contributed by atoms with van der Waals surface area (Å²) in [5.41, 5.74) is 0.0752. The molecule has 0 radical (unpaired) electrons. The van der Waals surface area contributed by atoms with Crippen molar-refractivity contribution in [1.29, 1.82) is 0 Å². The van der Waals surface area contributed by atoms with E-state index in [2.05, 4.69) is 0 Å². The van der Waals surface area contributed by atoms with Crippen LogP contribution in [0.1, 0.15) is 38.1 Å². The second-order valence-electron chi connectivity index (χ2n) is 5.83. The Balaban J connectivity index is 2.44. The summed E-state index contributed by atoms with van der Waals surface area (Å²) in [6, 6.07) is 8.82. The Hall–Kier alpha value is -2.04. The van der Waals surface area contributed by atoms with Gasteiger partial charge in [0.05, 0.1) is 12.2 Å². The van der Waals surface area contributed by atoms with Gasteiger partial charge < -0.3 is 14.4 Å². The van der Waals surface area contributed by atoms with Crippen molar-refractivity contribution in [3.63, 3.8) is 0 Å². The topological polar surface area (TPSA) is 55.8 Å². The molecule has 1 aromatic rings. The molecule has 0 atom stereocenters. The highest BCUT2D eigenvalue weighted by Crippen LogP contribution is 2.17. The lowest BCUT2D eigenvalue weighted by atomic mass is 9.96. The summed E-state index contributed by atoms with van der Waals surface area (Å²) in [5, 5.41) is 0. The van der Waals surface area contributed by atoms with E-state index < -0.39 is 5.41 Å². The molecule has 1 amide bonds. The molecule has 0 unspecified atom stereocenters. The predicted molar refractivity (Wildman–Crippen MR) is 84.8 cm³/mol. The van der Waals surface area contributed by atoms with E-state index in [-0.39, 0.29) is 25.3 Å². The zero-order chi connectivity index (χ0) is 16.6. The van der Waals surface area contributed by atoms with Crippen LogP contribution in [0, 0.1) is 5.41 Å². The van der Waals surface area contributed by atoms with Crippen molar-refractivity contribution in [1.82, 2.24) is 4.90 Å². The fourth-order valence-electron chi connectivity index (χ4n) is 1.79. The van der Waals surface area contributed by atoms with Gasteiger partial charge in [-0.15, -0.1) is 0 Å². The monoisotopic (exact) mass is 307 g/mol. The minimum absolute atomic E-state index is 0.187. The molecule has 0 saturated carbocycles. The molecule has 0 saturated heterocycles. The third-order valence-electron chi connectivity index (χ3n) is 3.21. The first-order valence-corrected chi connectivity index (χ1v) is 7.53. The number of hydrogen-bond acceptors (Lipinski definition) is 4. The smallest absolute Gasteiger partial charge is 0.409 e. The van der Waals surface area contributed by atoms with Gasteiger partial charge in [0.25, 0.3) is 0 Å². The van der Waals surface area contributed by atoms with Crippen molar-refractivity contribution in [3.8, 4) is 0 Å². The third-order valence-corrected chi connectivity index (χ3v) is 3.21. The van der Waals surface area contributed by atoms with Gasteiger partial charge in [-0.05, 0) is 26.0 Å². The molecular formula is C17H25NO4. The number of amides is 1. The third kappa shape index (κ3) is 5.76. The van der Waals surface area contributed by atoms with Gasteiger partial charge in [-0.2, -0.15) is 0 Å². The van der Waals surface area contributed by atoms with Crippen LogP contribution in [0.2, 0.25) is 0 Å². The fourth-order valence-corrected chi connectivity index (χ4v) is 1.79. The summed E-state index contributed by atoms with van der Waals surface area (Å²) in [6.45, 7) is 9.19. The van der Waals surface area contributed by atoms with Crippen LogP contribution < -0.4 is 0 Å². The molecule has 0 heterocycles. The summed E-state index contributed by atoms with van der Waals surface area (Å²) in [7, 11) is 0. The maximum absolute atomic E-state index is 11.9. The number of esters is 1. The number of benzene rings is 1. The summed E-state index contributed by atoms with van der Waals surface area (Å²) < 4.78 is 10.6. The summed E-state index contributed by atoms with van der Waals surface area (Å²) >= 11 is 0. The van der Waals surface area contributed by atoms with E-state index in [1.165, 1.54) is 0 Å². The second kappa shape index (κ2) is 8.41. The summed E-state index contributed by atoms with van der Waals surface area (Å²) in [4.78, 5) is 25.3. The first-order valence-electron chi connectivity index (χ1n) is 7.53. The quantitative estimate of drug-likeness (QED) is 0.725. The molecule has 0 aliphatic heterocycles. The Morgan fingerprint density at radius 1 is 1.00 bits per heavy atom. The highest BCUT2D eigenvalue weighted by molar-refractivity contribution is 5.89. The van der Waals surface area contributed by atoms with E-state index in [1.54, 1.807) is 29.2 Å². The molecular weight excluding hydrogens is 282 g/mol. The highest BCUT2D eigenvalue weighted by Gasteiger charge is 2.24. The van der Waals surface area contributed by atoms with Crippen LogP contribution in [0.25, 0.3) is 0 Å². The van der Waals surface area contributed by atoms with Crippen molar-refractivity contribution < 1.29 is 19.1 Å². The van der Waals surface area contributed by atoms with Gasteiger partial charge in [-0.25, -0.2) is 9.59 Å². The summed E-state index contributed by atoms with van der Waals surface area (Å²) in [5.74, 6) is -0.372. The van der Waals surface area contributed by atoms with Crippen molar-refractivity contribution in [2.75, 3.05) is 26.3 Å². The lowest BCUT2D eigenvalue weighted by molar-refractivity contribution is 0.0125. The zero-order valence-corrected chi connectivity index (χ0v) is 13.8. The maximum Gasteiger partial charge on any atom is 0.409 e. The number of carbonyl (C=O) groups excluding carboxylic acids is 2. The Morgan fingerprint density at radius 2 is 1.55 bits per heavy atom. The molecule has 0 aliphatic rings. The molecule has 0 fully saturated rings. The minimum atomic E-state index is -0.437. The number of rotatable bonds is 7. The number of hydrogen-bond donors (Lipinski definition) is 0. The van der Waals surface area contributed by atoms with Gasteiger partial charge in [-0.3, -0.25) is 0 Å². The van der Waals surface area contributed by atoms with Crippen LogP contribution in [-0.4, -0.2) is 43.3 Å². The van der Waals surface area contributed by atoms with E-state index in [0.29, 0.717) is 18.7 Å². The lowest BCUT2D eigenvalue weighted by Gasteiger charge is -2.26. The lowest BCUT2D eigenvalue weighted by Crippen LogP contribution is -2.35. The normalized spacial score (nSPS) is 10.9. The number of ether oxygens (including phenoxy) is 2. The van der Waals surface area contributed by atoms with Crippen LogP contribution in [0.15, 0.2) is 30.3 Å². The van der Waals surface area contributed by atoms with E-state index >= 15 is 0 Å². The van der Waals surface area contributed by atoms with Crippen LogP contribution in [0.4, 0.5) is 4.79 Å². The van der Waals surface area contributed by atoms with Gasteiger partial charge in [0.2, 0.25) is 0 Å². The largest absolute Gasteiger partial charge is 0.461 e. The standard InChI is InChI=1S/C17H25NO4/c1-5-18(6-2)16(20)22-13-17(3,4)12-21-15(19)14-10-8-7-9-11-14/h7-11H,5-6,12-13H2,1-4H3. The van der Waals surface area contributed by atoms with E-state index in [4.69, 9.17) is 9.47 Å². The van der Waals surface area contributed by atoms with E-state index in [9.17, 15) is 9.59 Å². The molecule has 0 N–H and O–H groups in total. The Kier molecular flexibility index (Phi) is 6.89. The van der Waals surface area contributed by atoms with Crippen molar-refractivity contribution in [2.45, 2.75) is 27.7 Å². The van der Waals surface area contributed by atoms with Gasteiger partial charge in [-0.1, -0.05) is 32.0 Å². The van der Waals surface area contributed by atoms with E-state index in [1.807, 2.05) is 33.8 Å². The Morgan fingerprint density at radius 3 is 2.09 bits per heavy atom. The Bertz CT molecular complexity index is 481. The van der Waals surface area contributed by atoms with Gasteiger partial charge in [0, 0.05) is 18.5 Å². The van der Waals surface area contributed by atoms with Crippen molar-refractivity contribution in [2.24, 2.45) is 5.41 Å². The van der Waals surface area contributed by atoms with Gasteiger partial charge in [0.1, 0.15) is 6.61 Å². The van der Waals surface area contributed by atoms with Gasteiger partial charge >= 0.3 is 12.1 Å². The molecule has 5 nitrogen and oxygen atoms in total. The van der Waals surface area contributed by atoms with E-state index in [0.717, 1.165) is 0 Å². The Labute approximate surface area is 132 Å². The van der Waals surface area contributed by atoms with Crippen molar-refractivity contribution >= 4 is 12.1 Å². The first-order chi connectivity index (χ1) is 10.4. The molecule has 5 heteroatoms. The average molecular weight is 307 g/mol. The molecule has 1 aromatic carbocycles. The van der Waals surface area contributed by atoms with Crippen LogP contribution in [-0.2, 0) is 9.47 Å². The maximum atomic E-state index is 11.9. The predicted octanol–water partition coefficient (Wildman–Crippen LogP) is 3.35. The molecule has 0 aliphatic carbocycles. The van der Waals surface area contributed by atoms with Gasteiger partial charge in [0.15, 0.2) is 0 Å². The van der Waals surface area contributed by atoms with Crippen molar-refractivity contribution in [3.05, 3.63) is 35.9 Å². The molecule has 1 rings (SSSR count). The second-order valence-corrected chi connectivity index (χ2v) is 5.83. The SMILES string of the molecule is CCN(CC)C(=O)OCC(C)(C)COC(=O)c1ccccc1. The molecule has 122 valence electrons. The zero-order valence-electron chi connectivity index (χ0n) is 13.8. The fraction of sp³-hybridized carbons (Fsp3) is 0.529. The molecule has 22 heavy (non-hydrogen) atoms. The van der Waals surface area contributed by atoms with Crippen LogP contribution in [0.3, 0.4) is 0 Å². The number of carbonyl (C=O) groups is 2. The number of nitrogens with zero attached hydrogens (tertiary/aromatic N) is 1. The minimum Gasteiger partial charge on any atom is -0.461 e. The summed E-state index contributed by atoms with van der Waals surface area (Å²) in [6.07, 6.45) is -0.340. The first kappa shape index (κ1) is 18.0. The van der Waals surface area contributed by atoms with Crippen LogP contribution >= 0.6 is 0 Å². The molecule has 0 bridgehead atoms.